The lowest BCUT2D eigenvalue weighted by Gasteiger charge is -2.31. The molecule has 1 amide bonds. The third kappa shape index (κ3) is 5.91. The van der Waals surface area contributed by atoms with Crippen molar-refractivity contribution in [2.45, 2.75) is 51.9 Å². The molecule has 0 unspecified atom stereocenters. The number of amides is 1. The summed E-state index contributed by atoms with van der Waals surface area (Å²) in [5.41, 5.74) is 7.09. The van der Waals surface area contributed by atoms with Crippen molar-refractivity contribution in [3.05, 3.63) is 99.3 Å². The molecule has 3 aromatic rings. The van der Waals surface area contributed by atoms with E-state index in [1.165, 1.54) is 5.56 Å². The van der Waals surface area contributed by atoms with Crippen LogP contribution in [-0.2, 0) is 4.79 Å². The highest BCUT2D eigenvalue weighted by atomic mass is 35.5. The van der Waals surface area contributed by atoms with Crippen molar-refractivity contribution in [3.8, 4) is 0 Å². The van der Waals surface area contributed by atoms with Crippen molar-refractivity contribution in [1.29, 1.82) is 0 Å². The predicted molar refractivity (Wildman–Crippen MR) is 141 cm³/mol. The SMILES string of the molecule is CC(=O)N1CCC(c2ccc([C@@H](CC(=NO)c3ccnc(C)c3)c3ccc(Cl)cc3C)cc2)CC1. The Balaban J connectivity index is 1.63. The van der Waals surface area contributed by atoms with Crippen molar-refractivity contribution in [2.24, 2.45) is 5.16 Å². The van der Waals surface area contributed by atoms with Gasteiger partial charge in [-0.05, 0) is 79.1 Å². The zero-order chi connectivity index (χ0) is 24.9. The lowest BCUT2D eigenvalue weighted by Crippen LogP contribution is -2.36. The Hall–Kier alpha value is -3.18. The summed E-state index contributed by atoms with van der Waals surface area (Å²) in [4.78, 5) is 17.9. The Kier molecular flexibility index (Phi) is 7.86. The van der Waals surface area contributed by atoms with Crippen molar-refractivity contribution >= 4 is 23.2 Å². The number of hydrogen-bond donors (Lipinski definition) is 1. The number of hydrogen-bond acceptors (Lipinski definition) is 4. The van der Waals surface area contributed by atoms with Gasteiger partial charge in [0.2, 0.25) is 5.91 Å². The minimum Gasteiger partial charge on any atom is -0.411 e. The van der Waals surface area contributed by atoms with E-state index < -0.39 is 0 Å². The van der Waals surface area contributed by atoms with Crippen LogP contribution in [0, 0.1) is 13.8 Å². The van der Waals surface area contributed by atoms with E-state index in [4.69, 9.17) is 11.6 Å². The molecule has 0 aliphatic carbocycles. The van der Waals surface area contributed by atoms with Crippen LogP contribution < -0.4 is 0 Å². The van der Waals surface area contributed by atoms with E-state index in [1.54, 1.807) is 13.1 Å². The third-order valence-corrected chi connectivity index (χ3v) is 7.34. The van der Waals surface area contributed by atoms with Crippen molar-refractivity contribution in [3.63, 3.8) is 0 Å². The van der Waals surface area contributed by atoms with Gasteiger partial charge in [0.05, 0.1) is 5.71 Å². The zero-order valence-corrected chi connectivity index (χ0v) is 21.3. The summed E-state index contributed by atoms with van der Waals surface area (Å²) in [6.45, 7) is 7.27. The minimum atomic E-state index is 0.000230. The quantitative estimate of drug-likeness (QED) is 0.245. The van der Waals surface area contributed by atoms with Crippen LogP contribution >= 0.6 is 11.6 Å². The first kappa shape index (κ1) is 24.9. The molecule has 6 heteroatoms. The molecule has 35 heavy (non-hydrogen) atoms. The van der Waals surface area contributed by atoms with Gasteiger partial charge in [0, 0.05) is 54.8 Å². The highest BCUT2D eigenvalue weighted by Gasteiger charge is 2.24. The Bertz CT molecular complexity index is 1210. The smallest absolute Gasteiger partial charge is 0.219 e. The topological polar surface area (TPSA) is 65.8 Å². The van der Waals surface area contributed by atoms with Crippen molar-refractivity contribution < 1.29 is 10.0 Å². The standard InChI is InChI=1S/C29H32ClN3O2/c1-19-16-26(30)8-9-27(19)28(18-29(32-35)25-10-13-31-20(2)17-25)24-6-4-22(5-7-24)23-11-14-33(15-12-23)21(3)34/h4-10,13,16-17,23,28,35H,11-12,14-15,18H2,1-3H3/t28-/m1/s1. The number of nitrogens with zero attached hydrogens (tertiary/aromatic N) is 3. The maximum atomic E-state index is 11.7. The summed E-state index contributed by atoms with van der Waals surface area (Å²) in [5.74, 6) is 0.621. The molecule has 0 radical (unpaired) electrons. The van der Waals surface area contributed by atoms with Gasteiger partial charge in [-0.2, -0.15) is 0 Å². The minimum absolute atomic E-state index is 0.000230. The second-order valence-electron chi connectivity index (χ2n) is 9.44. The highest BCUT2D eigenvalue weighted by molar-refractivity contribution is 6.30. The molecular weight excluding hydrogens is 458 g/mol. The second kappa shape index (κ2) is 11.0. The van der Waals surface area contributed by atoms with Gasteiger partial charge in [0.15, 0.2) is 0 Å². The Morgan fingerprint density at radius 2 is 1.83 bits per heavy atom. The van der Waals surface area contributed by atoms with Crippen LogP contribution in [-0.4, -0.2) is 39.8 Å². The Labute approximate surface area is 212 Å². The van der Waals surface area contributed by atoms with Crippen LogP contribution in [0.15, 0.2) is 65.9 Å². The number of aryl methyl sites for hydroxylation is 2. The second-order valence-corrected chi connectivity index (χ2v) is 9.87. The number of carbonyl (C=O) groups excluding carboxylic acids is 1. The lowest BCUT2D eigenvalue weighted by atomic mass is 9.82. The monoisotopic (exact) mass is 489 g/mol. The molecule has 1 fully saturated rings. The molecule has 1 atom stereocenters. The number of piperidine rings is 1. The maximum Gasteiger partial charge on any atom is 0.219 e. The molecule has 182 valence electrons. The number of rotatable bonds is 6. The largest absolute Gasteiger partial charge is 0.411 e. The number of halogens is 1. The van der Waals surface area contributed by atoms with Crippen LogP contribution in [0.25, 0.3) is 0 Å². The first-order valence-electron chi connectivity index (χ1n) is 12.1. The van der Waals surface area contributed by atoms with Gasteiger partial charge in [-0.3, -0.25) is 9.78 Å². The van der Waals surface area contributed by atoms with Gasteiger partial charge in [-0.15, -0.1) is 0 Å². The van der Waals surface area contributed by atoms with Gasteiger partial charge in [0.1, 0.15) is 0 Å². The summed E-state index contributed by atoms with van der Waals surface area (Å²) in [6.07, 6.45) is 4.26. The fourth-order valence-electron chi connectivity index (χ4n) is 5.10. The molecule has 0 saturated carbocycles. The van der Waals surface area contributed by atoms with Crippen LogP contribution in [0.2, 0.25) is 5.02 Å². The number of carbonyl (C=O) groups is 1. The molecule has 0 spiro atoms. The molecule has 1 aliphatic rings. The average Bonchev–Trinajstić information content (AvgIpc) is 2.86. The molecule has 1 aliphatic heterocycles. The van der Waals surface area contributed by atoms with Crippen LogP contribution in [0.3, 0.4) is 0 Å². The molecular formula is C29H32ClN3O2. The fraction of sp³-hybridized carbons (Fsp3) is 0.345. The molecule has 2 heterocycles. The first-order valence-corrected chi connectivity index (χ1v) is 12.5. The van der Waals surface area contributed by atoms with E-state index in [1.807, 2.05) is 36.1 Å². The Morgan fingerprint density at radius 1 is 1.11 bits per heavy atom. The summed E-state index contributed by atoms with van der Waals surface area (Å²) >= 11 is 6.26. The molecule has 0 bridgehead atoms. The zero-order valence-electron chi connectivity index (χ0n) is 20.5. The van der Waals surface area contributed by atoms with E-state index in [-0.39, 0.29) is 11.8 Å². The summed E-state index contributed by atoms with van der Waals surface area (Å²) in [6, 6.07) is 18.6. The van der Waals surface area contributed by atoms with E-state index in [2.05, 4.69) is 47.4 Å². The van der Waals surface area contributed by atoms with E-state index in [9.17, 15) is 10.0 Å². The third-order valence-electron chi connectivity index (χ3n) is 7.11. The maximum absolute atomic E-state index is 11.7. The normalized spacial score (nSPS) is 15.8. The van der Waals surface area contributed by atoms with Crippen molar-refractivity contribution in [1.82, 2.24) is 9.88 Å². The molecule has 1 N–H and O–H groups in total. The van der Waals surface area contributed by atoms with E-state index in [0.717, 1.165) is 53.9 Å². The van der Waals surface area contributed by atoms with Crippen molar-refractivity contribution in [2.75, 3.05) is 13.1 Å². The molecule has 1 aromatic heterocycles. The number of likely N-dealkylation sites (tertiary alicyclic amines) is 1. The lowest BCUT2D eigenvalue weighted by molar-refractivity contribution is -0.129. The summed E-state index contributed by atoms with van der Waals surface area (Å²) < 4.78 is 0. The molecule has 2 aromatic carbocycles. The number of benzene rings is 2. The van der Waals surface area contributed by atoms with Gasteiger partial charge in [-0.1, -0.05) is 47.1 Å². The Morgan fingerprint density at radius 3 is 2.43 bits per heavy atom. The first-order chi connectivity index (χ1) is 16.9. The molecule has 1 saturated heterocycles. The number of oxime groups is 1. The average molecular weight is 490 g/mol. The summed E-state index contributed by atoms with van der Waals surface area (Å²) in [7, 11) is 0. The van der Waals surface area contributed by atoms with Gasteiger partial charge >= 0.3 is 0 Å². The van der Waals surface area contributed by atoms with Crippen LogP contribution in [0.4, 0.5) is 0 Å². The van der Waals surface area contributed by atoms with E-state index >= 15 is 0 Å². The van der Waals surface area contributed by atoms with E-state index in [0.29, 0.717) is 23.1 Å². The van der Waals surface area contributed by atoms with Gasteiger partial charge < -0.3 is 10.1 Å². The fourth-order valence-corrected chi connectivity index (χ4v) is 5.33. The number of aromatic nitrogens is 1. The van der Waals surface area contributed by atoms with Crippen LogP contribution in [0.5, 0.6) is 0 Å². The van der Waals surface area contributed by atoms with Crippen LogP contribution in [0.1, 0.15) is 71.5 Å². The predicted octanol–water partition coefficient (Wildman–Crippen LogP) is 6.48. The molecule has 5 nitrogen and oxygen atoms in total. The van der Waals surface area contributed by atoms with Gasteiger partial charge in [0.25, 0.3) is 0 Å². The van der Waals surface area contributed by atoms with Gasteiger partial charge in [-0.25, -0.2) is 0 Å². The molecule has 4 rings (SSSR count). The highest BCUT2D eigenvalue weighted by Crippen LogP contribution is 2.35. The summed E-state index contributed by atoms with van der Waals surface area (Å²) in [5, 5.41) is 14.3. The number of pyridine rings is 1.